The van der Waals surface area contributed by atoms with Gasteiger partial charge >= 0.3 is 0 Å². The molecule has 1 nitrogen and oxygen atoms in total. The van der Waals surface area contributed by atoms with E-state index in [1.54, 1.807) is 5.56 Å². The summed E-state index contributed by atoms with van der Waals surface area (Å²) in [6.07, 6.45) is 7.20. The highest BCUT2D eigenvalue weighted by atomic mass is 14.9. The molecule has 1 atom stereocenters. The van der Waals surface area contributed by atoms with E-state index in [2.05, 4.69) is 49.5 Å². The summed E-state index contributed by atoms with van der Waals surface area (Å²) in [6.45, 7) is 5.75. The molecule has 104 valence electrons. The van der Waals surface area contributed by atoms with Crippen LogP contribution in [0.2, 0.25) is 0 Å². The van der Waals surface area contributed by atoms with E-state index in [-0.39, 0.29) is 0 Å². The second kappa shape index (κ2) is 5.28. The molecule has 0 amide bonds. The predicted molar refractivity (Wildman–Crippen MR) is 81.3 cm³/mol. The summed E-state index contributed by atoms with van der Waals surface area (Å²) in [7, 11) is 0. The Bertz CT molecular complexity index is 401. The van der Waals surface area contributed by atoms with Gasteiger partial charge in [0.15, 0.2) is 0 Å². The highest BCUT2D eigenvalue weighted by Gasteiger charge is 2.54. The Morgan fingerprint density at radius 3 is 2.47 bits per heavy atom. The third-order valence-corrected chi connectivity index (χ3v) is 5.38. The molecule has 1 aromatic carbocycles. The third kappa shape index (κ3) is 2.86. The molecular formula is C18H27N. The van der Waals surface area contributed by atoms with E-state index in [1.807, 2.05) is 0 Å². The maximum Gasteiger partial charge on any atom is 0.00104 e. The lowest BCUT2D eigenvalue weighted by atomic mass is 9.76. The molecule has 2 aliphatic rings. The first-order valence-electron chi connectivity index (χ1n) is 7.98. The van der Waals surface area contributed by atoms with Gasteiger partial charge in [0, 0.05) is 6.04 Å². The minimum absolute atomic E-state index is 0.637. The molecule has 2 aliphatic carbocycles. The largest absolute Gasteiger partial charge is 0.314 e. The summed E-state index contributed by atoms with van der Waals surface area (Å²) in [6, 6.07) is 11.8. The standard InChI is InChI=1S/C18H27N/c1-14(2)19-13-17-12-18(17)10-8-16(9-11-18)15-6-4-3-5-7-15/h3-7,14,16-17,19H,8-13H2,1-2H3. The summed E-state index contributed by atoms with van der Waals surface area (Å²) >= 11 is 0. The fourth-order valence-electron chi connectivity index (χ4n) is 3.96. The molecule has 0 aliphatic heterocycles. The molecule has 1 aromatic rings. The van der Waals surface area contributed by atoms with Crippen molar-refractivity contribution in [3.05, 3.63) is 35.9 Å². The number of hydrogen-bond acceptors (Lipinski definition) is 1. The Balaban J connectivity index is 1.51. The Hall–Kier alpha value is -0.820. The van der Waals surface area contributed by atoms with Crippen molar-refractivity contribution in [2.24, 2.45) is 11.3 Å². The average molecular weight is 257 g/mol. The molecule has 1 spiro atoms. The molecule has 1 heteroatoms. The summed E-state index contributed by atoms with van der Waals surface area (Å²) < 4.78 is 0. The second-order valence-electron chi connectivity index (χ2n) is 7.01. The quantitative estimate of drug-likeness (QED) is 0.845. The fraction of sp³-hybridized carbons (Fsp3) is 0.667. The van der Waals surface area contributed by atoms with Crippen LogP contribution in [0.15, 0.2) is 30.3 Å². The predicted octanol–water partition coefficient (Wildman–Crippen LogP) is 4.35. The zero-order chi connectivity index (χ0) is 13.3. The molecule has 0 saturated heterocycles. The molecular weight excluding hydrogens is 230 g/mol. The Labute approximate surface area is 117 Å². The van der Waals surface area contributed by atoms with Gasteiger partial charge in [-0.2, -0.15) is 0 Å². The SMILES string of the molecule is CC(C)NCC1CC12CCC(c1ccccc1)CC2. The van der Waals surface area contributed by atoms with Crippen molar-refractivity contribution >= 4 is 0 Å². The normalized spacial score (nSPS) is 33.8. The number of rotatable bonds is 4. The topological polar surface area (TPSA) is 12.0 Å². The maximum atomic E-state index is 3.62. The fourth-order valence-corrected chi connectivity index (χ4v) is 3.96. The van der Waals surface area contributed by atoms with Gasteiger partial charge in [0.25, 0.3) is 0 Å². The molecule has 0 radical (unpaired) electrons. The first-order chi connectivity index (χ1) is 9.20. The van der Waals surface area contributed by atoms with Crippen LogP contribution in [0.4, 0.5) is 0 Å². The number of benzene rings is 1. The lowest BCUT2D eigenvalue weighted by molar-refractivity contribution is 0.277. The zero-order valence-electron chi connectivity index (χ0n) is 12.4. The van der Waals surface area contributed by atoms with Crippen LogP contribution in [-0.4, -0.2) is 12.6 Å². The monoisotopic (exact) mass is 257 g/mol. The number of hydrogen-bond donors (Lipinski definition) is 1. The second-order valence-corrected chi connectivity index (χ2v) is 7.01. The highest BCUT2D eigenvalue weighted by molar-refractivity contribution is 5.21. The summed E-state index contributed by atoms with van der Waals surface area (Å²) in [5.41, 5.74) is 2.29. The minimum atomic E-state index is 0.637. The van der Waals surface area contributed by atoms with Crippen LogP contribution in [0.5, 0.6) is 0 Å². The van der Waals surface area contributed by atoms with Crippen molar-refractivity contribution in [2.45, 2.75) is 57.9 Å². The van der Waals surface area contributed by atoms with Crippen LogP contribution < -0.4 is 5.32 Å². The van der Waals surface area contributed by atoms with Gasteiger partial charge in [-0.3, -0.25) is 0 Å². The van der Waals surface area contributed by atoms with E-state index >= 15 is 0 Å². The van der Waals surface area contributed by atoms with Crippen LogP contribution >= 0.6 is 0 Å². The van der Waals surface area contributed by atoms with E-state index in [0.29, 0.717) is 6.04 Å². The van der Waals surface area contributed by atoms with Crippen molar-refractivity contribution in [1.29, 1.82) is 0 Å². The van der Waals surface area contributed by atoms with Crippen LogP contribution in [-0.2, 0) is 0 Å². The van der Waals surface area contributed by atoms with Crippen molar-refractivity contribution in [3.63, 3.8) is 0 Å². The Morgan fingerprint density at radius 2 is 1.84 bits per heavy atom. The summed E-state index contributed by atoms with van der Waals surface area (Å²) in [5, 5.41) is 3.62. The van der Waals surface area contributed by atoms with Gasteiger partial charge in [-0.05, 0) is 61.5 Å². The van der Waals surface area contributed by atoms with Crippen LogP contribution in [0.25, 0.3) is 0 Å². The molecule has 0 aromatic heterocycles. The van der Waals surface area contributed by atoms with Crippen LogP contribution in [0, 0.1) is 11.3 Å². The number of nitrogens with one attached hydrogen (secondary N) is 1. The summed E-state index contributed by atoms with van der Waals surface area (Å²) in [4.78, 5) is 0. The van der Waals surface area contributed by atoms with Crippen molar-refractivity contribution in [1.82, 2.24) is 5.32 Å². The van der Waals surface area contributed by atoms with Gasteiger partial charge in [-0.1, -0.05) is 44.2 Å². The first kappa shape index (κ1) is 13.2. The van der Waals surface area contributed by atoms with Gasteiger partial charge in [0.05, 0.1) is 0 Å². The first-order valence-corrected chi connectivity index (χ1v) is 7.98. The third-order valence-electron chi connectivity index (χ3n) is 5.38. The van der Waals surface area contributed by atoms with Crippen molar-refractivity contribution in [2.75, 3.05) is 6.54 Å². The van der Waals surface area contributed by atoms with E-state index in [4.69, 9.17) is 0 Å². The molecule has 1 N–H and O–H groups in total. The van der Waals surface area contributed by atoms with E-state index < -0.39 is 0 Å². The highest BCUT2D eigenvalue weighted by Crippen LogP contribution is 2.62. The molecule has 3 rings (SSSR count). The molecule has 1 unspecified atom stereocenters. The molecule has 2 fully saturated rings. The Morgan fingerprint density at radius 1 is 1.16 bits per heavy atom. The van der Waals surface area contributed by atoms with E-state index in [1.165, 1.54) is 38.6 Å². The van der Waals surface area contributed by atoms with Gasteiger partial charge < -0.3 is 5.32 Å². The van der Waals surface area contributed by atoms with Gasteiger partial charge in [-0.25, -0.2) is 0 Å². The van der Waals surface area contributed by atoms with Gasteiger partial charge in [0.2, 0.25) is 0 Å². The van der Waals surface area contributed by atoms with E-state index in [9.17, 15) is 0 Å². The smallest absolute Gasteiger partial charge is 0.00104 e. The lowest BCUT2D eigenvalue weighted by Gasteiger charge is -2.30. The lowest BCUT2D eigenvalue weighted by Crippen LogP contribution is -2.27. The van der Waals surface area contributed by atoms with Crippen molar-refractivity contribution in [3.8, 4) is 0 Å². The maximum absolute atomic E-state index is 3.62. The van der Waals surface area contributed by atoms with Crippen LogP contribution in [0.3, 0.4) is 0 Å². The van der Waals surface area contributed by atoms with Crippen molar-refractivity contribution < 1.29 is 0 Å². The zero-order valence-corrected chi connectivity index (χ0v) is 12.4. The minimum Gasteiger partial charge on any atom is -0.314 e. The van der Waals surface area contributed by atoms with Crippen LogP contribution in [0.1, 0.15) is 57.4 Å². The average Bonchev–Trinajstić information content (AvgIpc) is 3.11. The molecule has 19 heavy (non-hydrogen) atoms. The molecule has 2 saturated carbocycles. The van der Waals surface area contributed by atoms with Gasteiger partial charge in [-0.15, -0.1) is 0 Å². The molecule has 0 bridgehead atoms. The summed E-state index contributed by atoms with van der Waals surface area (Å²) in [5.74, 6) is 1.79. The van der Waals surface area contributed by atoms with E-state index in [0.717, 1.165) is 17.3 Å². The Kier molecular flexibility index (Phi) is 3.66. The molecule has 0 heterocycles. The van der Waals surface area contributed by atoms with Gasteiger partial charge in [0.1, 0.15) is 0 Å².